The van der Waals surface area contributed by atoms with Crippen LogP contribution in [0.2, 0.25) is 0 Å². The number of rotatable bonds is 1. The van der Waals surface area contributed by atoms with Gasteiger partial charge in [0.2, 0.25) is 0 Å². The van der Waals surface area contributed by atoms with Crippen molar-refractivity contribution in [2.75, 3.05) is 26.4 Å². The Kier molecular flexibility index (Phi) is 6.31. The summed E-state index contributed by atoms with van der Waals surface area (Å²) in [5.74, 6) is 1.28. The van der Waals surface area contributed by atoms with Gasteiger partial charge in [0.25, 0.3) is 5.91 Å². The molecule has 1 aromatic carbocycles. The third kappa shape index (κ3) is 4.60. The maximum atomic E-state index is 12.9. The lowest BCUT2D eigenvalue weighted by atomic mass is 9.82. The third-order valence-corrected chi connectivity index (χ3v) is 7.84. The van der Waals surface area contributed by atoms with Gasteiger partial charge in [-0.1, -0.05) is 18.2 Å². The lowest BCUT2D eigenvalue weighted by Crippen LogP contribution is -2.38. The van der Waals surface area contributed by atoms with E-state index in [0.717, 1.165) is 81.7 Å². The second-order valence-electron chi connectivity index (χ2n) is 10.1. The zero-order valence-electron chi connectivity index (χ0n) is 19.7. The van der Waals surface area contributed by atoms with Crippen molar-refractivity contribution in [3.8, 4) is 5.75 Å². The summed E-state index contributed by atoms with van der Waals surface area (Å²) in [6, 6.07) is 8.44. The number of ether oxygens (including phenoxy) is 4. The number of carbonyl (C=O) groups excluding carboxylic acids is 1. The largest absolute Gasteiger partial charge is 0.496 e. The van der Waals surface area contributed by atoms with Gasteiger partial charge in [0, 0.05) is 13.2 Å². The summed E-state index contributed by atoms with van der Waals surface area (Å²) in [6.45, 7) is 2.60. The zero-order valence-corrected chi connectivity index (χ0v) is 19.7. The van der Waals surface area contributed by atoms with Crippen molar-refractivity contribution in [1.29, 1.82) is 0 Å². The van der Waals surface area contributed by atoms with Gasteiger partial charge in [0.15, 0.2) is 6.23 Å². The van der Waals surface area contributed by atoms with Gasteiger partial charge in [-0.25, -0.2) is 4.99 Å². The van der Waals surface area contributed by atoms with E-state index in [1.54, 1.807) is 0 Å². The monoisotopic (exact) mass is 466 g/mol. The highest BCUT2D eigenvalue weighted by Crippen LogP contribution is 2.40. The number of hydrogen-bond acceptors (Lipinski definition) is 6. The molecule has 4 fully saturated rings. The second kappa shape index (κ2) is 9.70. The van der Waals surface area contributed by atoms with Crippen LogP contribution in [0.3, 0.4) is 0 Å². The number of hydrogen-bond donors (Lipinski definition) is 0. The molecule has 7 rings (SSSR count). The minimum atomic E-state index is -0.134. The molecule has 0 aromatic heterocycles. The first-order valence-electron chi connectivity index (χ1n) is 13.0. The molecule has 6 aliphatic rings. The minimum absolute atomic E-state index is 0.00150. The first kappa shape index (κ1) is 22.1. The molecule has 3 unspecified atom stereocenters. The van der Waals surface area contributed by atoms with Crippen LogP contribution in [0.15, 0.2) is 41.2 Å². The number of nitrogens with zero attached hydrogens (tertiary/aromatic N) is 2. The van der Waals surface area contributed by atoms with Crippen LogP contribution in [0.1, 0.15) is 62.8 Å². The number of piperidine rings is 1. The summed E-state index contributed by atoms with van der Waals surface area (Å²) < 4.78 is 24.2. The molecule has 5 aliphatic heterocycles. The Labute approximate surface area is 201 Å². The number of epoxide rings is 1. The molecule has 182 valence electrons. The van der Waals surface area contributed by atoms with Gasteiger partial charge in [-0.15, -0.1) is 0 Å². The predicted octanol–water partition coefficient (Wildman–Crippen LogP) is 4.18. The molecule has 3 saturated heterocycles. The van der Waals surface area contributed by atoms with Crippen LogP contribution in [-0.2, 0) is 19.0 Å². The van der Waals surface area contributed by atoms with Gasteiger partial charge in [-0.2, -0.15) is 0 Å². The van der Waals surface area contributed by atoms with Crippen molar-refractivity contribution in [3.63, 3.8) is 0 Å². The average Bonchev–Trinajstić information content (AvgIpc) is 3.67. The molecule has 3 atom stereocenters. The normalized spacial score (nSPS) is 36.0. The van der Waals surface area contributed by atoms with Crippen molar-refractivity contribution >= 4 is 11.6 Å². The zero-order chi connectivity index (χ0) is 22.9. The molecule has 0 spiro atoms. The van der Waals surface area contributed by atoms with Crippen LogP contribution in [0.25, 0.3) is 0 Å². The first-order chi connectivity index (χ1) is 16.8. The molecule has 7 heteroatoms. The lowest BCUT2D eigenvalue weighted by Gasteiger charge is -2.33. The van der Waals surface area contributed by atoms with Crippen LogP contribution in [0.5, 0.6) is 5.75 Å². The van der Waals surface area contributed by atoms with Crippen LogP contribution in [-0.4, -0.2) is 61.3 Å². The fourth-order valence-electron chi connectivity index (χ4n) is 5.83. The van der Waals surface area contributed by atoms with E-state index in [4.69, 9.17) is 18.9 Å². The SMILES string of the molecule is O=C(N=C1CCCN2/C1=C\OC1CCC(CC1)c1ccccc1OCC1OC12)C1CCCOC1. The van der Waals surface area contributed by atoms with Crippen molar-refractivity contribution in [1.82, 2.24) is 4.90 Å². The van der Waals surface area contributed by atoms with E-state index < -0.39 is 0 Å². The van der Waals surface area contributed by atoms with E-state index in [9.17, 15) is 4.79 Å². The van der Waals surface area contributed by atoms with Gasteiger partial charge < -0.3 is 23.8 Å². The molecular weight excluding hydrogens is 432 g/mol. The topological polar surface area (TPSA) is 72.9 Å². The van der Waals surface area contributed by atoms with Crippen LogP contribution in [0, 0.1) is 5.92 Å². The molecule has 0 radical (unpaired) electrons. The summed E-state index contributed by atoms with van der Waals surface area (Å²) in [6.07, 6.45) is 9.66. The minimum Gasteiger partial charge on any atom is -0.496 e. The Morgan fingerprint density at radius 2 is 1.91 bits per heavy atom. The van der Waals surface area contributed by atoms with Crippen molar-refractivity contribution in [3.05, 3.63) is 41.8 Å². The summed E-state index contributed by atoms with van der Waals surface area (Å²) in [5, 5.41) is 0. The molecule has 1 saturated carbocycles. The number of para-hydroxylation sites is 1. The molecular formula is C27H34N2O5. The number of allylic oxidation sites excluding steroid dienone is 1. The Balaban J connectivity index is 1.26. The molecule has 5 heterocycles. The lowest BCUT2D eigenvalue weighted by molar-refractivity contribution is -0.125. The Morgan fingerprint density at radius 1 is 1.03 bits per heavy atom. The number of benzene rings is 1. The fourth-order valence-corrected chi connectivity index (χ4v) is 5.83. The summed E-state index contributed by atoms with van der Waals surface area (Å²) in [7, 11) is 0. The van der Waals surface area contributed by atoms with Crippen LogP contribution < -0.4 is 4.74 Å². The number of amides is 1. The Hall–Kier alpha value is -2.38. The second-order valence-corrected chi connectivity index (χ2v) is 10.1. The smallest absolute Gasteiger partial charge is 0.251 e. The molecule has 1 amide bonds. The maximum absolute atomic E-state index is 12.9. The highest BCUT2D eigenvalue weighted by atomic mass is 16.6. The average molecular weight is 467 g/mol. The maximum Gasteiger partial charge on any atom is 0.251 e. The van der Waals surface area contributed by atoms with Crippen LogP contribution in [0.4, 0.5) is 0 Å². The van der Waals surface area contributed by atoms with E-state index in [2.05, 4.69) is 28.1 Å². The number of aliphatic imine (C=N–C) groups is 1. The Bertz CT molecular complexity index is 962. The Morgan fingerprint density at radius 3 is 2.76 bits per heavy atom. The van der Waals surface area contributed by atoms with Crippen molar-refractivity contribution in [2.45, 2.75) is 75.7 Å². The molecule has 1 aliphatic carbocycles. The molecule has 0 N–H and O–H groups in total. The van der Waals surface area contributed by atoms with E-state index in [1.165, 1.54) is 5.56 Å². The third-order valence-electron chi connectivity index (χ3n) is 7.84. The van der Waals surface area contributed by atoms with E-state index in [-0.39, 0.29) is 30.3 Å². The molecule has 1 aromatic rings. The molecule has 7 nitrogen and oxygen atoms in total. The van der Waals surface area contributed by atoms with E-state index >= 15 is 0 Å². The van der Waals surface area contributed by atoms with E-state index in [0.29, 0.717) is 19.1 Å². The summed E-state index contributed by atoms with van der Waals surface area (Å²) >= 11 is 0. The fraction of sp³-hybridized carbons (Fsp3) is 0.630. The summed E-state index contributed by atoms with van der Waals surface area (Å²) in [5.41, 5.74) is 3.04. The standard InChI is InChI=1S/C27H34N2O5/c30-26(19-5-4-14-31-15-19)28-22-7-3-13-29-23(22)16-32-20-11-9-18(10-12-20)21-6-1-2-8-24(21)33-17-25-27(29)34-25/h1-2,6,8,16,18-20,25,27H,3-5,7,9-15,17H2/b23-16-,28-22?. The van der Waals surface area contributed by atoms with Gasteiger partial charge in [-0.3, -0.25) is 4.79 Å². The summed E-state index contributed by atoms with van der Waals surface area (Å²) in [4.78, 5) is 19.8. The van der Waals surface area contributed by atoms with E-state index in [1.807, 2.05) is 12.3 Å². The number of carbonyl (C=O) groups is 1. The highest BCUT2D eigenvalue weighted by Gasteiger charge is 2.47. The molecule has 34 heavy (non-hydrogen) atoms. The highest BCUT2D eigenvalue weighted by molar-refractivity contribution is 6.06. The van der Waals surface area contributed by atoms with Gasteiger partial charge in [-0.05, 0) is 68.9 Å². The van der Waals surface area contributed by atoms with Gasteiger partial charge in [0.1, 0.15) is 24.7 Å². The quantitative estimate of drug-likeness (QED) is 0.578. The van der Waals surface area contributed by atoms with Gasteiger partial charge in [0.05, 0.1) is 30.0 Å². The van der Waals surface area contributed by atoms with Crippen molar-refractivity contribution < 1.29 is 23.7 Å². The number of fused-ring (bicyclic) bond motifs is 4. The predicted molar refractivity (Wildman–Crippen MR) is 127 cm³/mol. The van der Waals surface area contributed by atoms with Crippen LogP contribution >= 0.6 is 0 Å². The van der Waals surface area contributed by atoms with Crippen molar-refractivity contribution in [2.24, 2.45) is 10.9 Å². The van der Waals surface area contributed by atoms with Gasteiger partial charge >= 0.3 is 0 Å². The molecule has 2 bridgehead atoms. The first-order valence-corrected chi connectivity index (χ1v) is 13.0.